The van der Waals surface area contributed by atoms with Crippen molar-refractivity contribution < 1.29 is 9.47 Å². The smallest absolute Gasteiger partial charge is 0.166 e. The van der Waals surface area contributed by atoms with Crippen molar-refractivity contribution >= 4 is 33.3 Å². The maximum absolute atomic E-state index is 5.13. The third kappa shape index (κ3) is 2.74. The summed E-state index contributed by atoms with van der Waals surface area (Å²) in [6, 6.07) is 8.15. The molecule has 0 aliphatic rings. The predicted octanol–water partition coefficient (Wildman–Crippen LogP) is 3.01. The average Bonchev–Trinajstić information content (AvgIpc) is 2.73. The first-order valence-electron chi connectivity index (χ1n) is 4.87. The van der Waals surface area contributed by atoms with Crippen LogP contribution in [-0.4, -0.2) is 31.2 Å². The van der Waals surface area contributed by atoms with Gasteiger partial charge in [-0.05, 0) is 12.1 Å². The molecule has 0 aliphatic heterocycles. The zero-order valence-corrected chi connectivity index (χ0v) is 10.8. The third-order valence-corrected chi connectivity index (χ3v) is 4.35. The summed E-state index contributed by atoms with van der Waals surface area (Å²) in [5, 5.41) is 0. The first kappa shape index (κ1) is 11.9. The number of nitrogens with zero attached hydrogens (tertiary/aromatic N) is 1. The molecule has 0 aliphatic carbocycles. The molecule has 0 saturated heterocycles. The first-order chi connectivity index (χ1) is 7.83. The molecule has 0 amide bonds. The van der Waals surface area contributed by atoms with Crippen LogP contribution in [0.15, 0.2) is 28.6 Å². The molecule has 5 heteroatoms. The second-order valence-corrected chi connectivity index (χ2v) is 5.46. The number of benzene rings is 1. The highest BCUT2D eigenvalue weighted by atomic mass is 32.2. The molecule has 86 valence electrons. The maximum atomic E-state index is 5.13. The Morgan fingerprint density at radius 1 is 1.31 bits per heavy atom. The number of hydrogen-bond acceptors (Lipinski definition) is 5. The summed E-state index contributed by atoms with van der Waals surface area (Å²) in [5.41, 5.74) is 1.06. The number of fused-ring (bicyclic) bond motifs is 1. The van der Waals surface area contributed by atoms with E-state index in [4.69, 9.17) is 9.47 Å². The molecule has 1 aromatic heterocycles. The minimum Gasteiger partial charge on any atom is -0.355 e. The molecular weight excluding hydrogens is 242 g/mol. The van der Waals surface area contributed by atoms with Crippen LogP contribution in [0.25, 0.3) is 10.2 Å². The molecule has 0 atom stereocenters. The molecule has 2 aromatic rings. The average molecular weight is 255 g/mol. The van der Waals surface area contributed by atoms with Gasteiger partial charge in [0.25, 0.3) is 0 Å². The van der Waals surface area contributed by atoms with Gasteiger partial charge in [0.1, 0.15) is 0 Å². The molecule has 3 nitrogen and oxygen atoms in total. The molecule has 0 saturated carbocycles. The van der Waals surface area contributed by atoms with Gasteiger partial charge in [-0.2, -0.15) is 0 Å². The lowest BCUT2D eigenvalue weighted by atomic mass is 10.3. The van der Waals surface area contributed by atoms with Crippen LogP contribution in [0, 0.1) is 0 Å². The zero-order valence-electron chi connectivity index (χ0n) is 9.17. The first-order valence-corrected chi connectivity index (χ1v) is 6.67. The Bertz CT molecular complexity index is 421. The van der Waals surface area contributed by atoms with Crippen LogP contribution in [-0.2, 0) is 9.47 Å². The normalized spacial score (nSPS) is 11.4. The van der Waals surface area contributed by atoms with E-state index in [1.54, 1.807) is 37.3 Å². The predicted molar refractivity (Wildman–Crippen MR) is 68.2 cm³/mol. The Morgan fingerprint density at radius 2 is 2.06 bits per heavy atom. The molecule has 0 bridgehead atoms. The summed E-state index contributed by atoms with van der Waals surface area (Å²) < 4.78 is 12.5. The quantitative estimate of drug-likeness (QED) is 0.607. The number of thioether (sulfide) groups is 1. The van der Waals surface area contributed by atoms with Gasteiger partial charge in [-0.3, -0.25) is 0 Å². The van der Waals surface area contributed by atoms with E-state index in [9.17, 15) is 0 Å². The molecule has 1 aromatic carbocycles. The molecular formula is C11H13NO2S2. The van der Waals surface area contributed by atoms with Gasteiger partial charge < -0.3 is 9.47 Å². The van der Waals surface area contributed by atoms with Crippen molar-refractivity contribution in [1.82, 2.24) is 4.98 Å². The summed E-state index contributed by atoms with van der Waals surface area (Å²) in [6.07, 6.45) is -0.169. The van der Waals surface area contributed by atoms with Gasteiger partial charge in [-0.1, -0.05) is 23.9 Å². The largest absolute Gasteiger partial charge is 0.355 e. The van der Waals surface area contributed by atoms with Gasteiger partial charge in [0.05, 0.1) is 16.0 Å². The molecule has 0 N–H and O–H groups in total. The van der Waals surface area contributed by atoms with Gasteiger partial charge in [0.2, 0.25) is 0 Å². The van der Waals surface area contributed by atoms with E-state index in [0.29, 0.717) is 0 Å². The van der Waals surface area contributed by atoms with Crippen molar-refractivity contribution in [2.45, 2.75) is 10.6 Å². The third-order valence-electron chi connectivity index (χ3n) is 2.14. The fourth-order valence-corrected chi connectivity index (χ4v) is 3.40. The van der Waals surface area contributed by atoms with E-state index in [-0.39, 0.29) is 6.29 Å². The van der Waals surface area contributed by atoms with Crippen LogP contribution in [0.5, 0.6) is 0 Å². The highest BCUT2D eigenvalue weighted by Gasteiger charge is 2.09. The van der Waals surface area contributed by atoms with Crippen molar-refractivity contribution in [2.24, 2.45) is 0 Å². The Morgan fingerprint density at radius 3 is 2.75 bits per heavy atom. The van der Waals surface area contributed by atoms with Crippen molar-refractivity contribution in [3.8, 4) is 0 Å². The monoisotopic (exact) mass is 255 g/mol. The minimum absolute atomic E-state index is 0.169. The van der Waals surface area contributed by atoms with Crippen molar-refractivity contribution in [3.05, 3.63) is 24.3 Å². The second kappa shape index (κ2) is 5.63. The van der Waals surface area contributed by atoms with Gasteiger partial charge in [-0.25, -0.2) is 4.98 Å². The standard InChI is InChI=1S/C11H13NO2S2/c1-13-10(14-2)7-15-11-12-8-5-3-4-6-9(8)16-11/h3-6,10H,7H2,1-2H3. The molecule has 0 radical (unpaired) electrons. The Balaban J connectivity index is 2.04. The van der Waals surface area contributed by atoms with Crippen molar-refractivity contribution in [3.63, 3.8) is 0 Å². The van der Waals surface area contributed by atoms with Gasteiger partial charge >= 0.3 is 0 Å². The van der Waals surface area contributed by atoms with Crippen LogP contribution < -0.4 is 0 Å². The summed E-state index contributed by atoms with van der Waals surface area (Å²) in [5.74, 6) is 0.757. The lowest BCUT2D eigenvalue weighted by Gasteiger charge is -2.10. The number of hydrogen-bond donors (Lipinski definition) is 0. The van der Waals surface area contributed by atoms with Crippen molar-refractivity contribution in [1.29, 1.82) is 0 Å². The fraction of sp³-hybridized carbons (Fsp3) is 0.364. The van der Waals surface area contributed by atoms with E-state index in [1.807, 2.05) is 18.2 Å². The van der Waals surface area contributed by atoms with Gasteiger partial charge in [0, 0.05) is 14.2 Å². The topological polar surface area (TPSA) is 31.4 Å². The lowest BCUT2D eigenvalue weighted by Crippen LogP contribution is -2.15. The number of methoxy groups -OCH3 is 2. The lowest BCUT2D eigenvalue weighted by molar-refractivity contribution is -0.0842. The van der Waals surface area contributed by atoms with E-state index in [0.717, 1.165) is 15.6 Å². The van der Waals surface area contributed by atoms with Gasteiger partial charge in [0.15, 0.2) is 10.6 Å². The number of thiazole rings is 1. The molecule has 0 unspecified atom stereocenters. The molecule has 16 heavy (non-hydrogen) atoms. The van der Waals surface area contributed by atoms with Crippen LogP contribution in [0.4, 0.5) is 0 Å². The SMILES string of the molecule is COC(CSc1nc2ccccc2s1)OC. The van der Waals surface area contributed by atoms with Crippen LogP contribution in [0.2, 0.25) is 0 Å². The van der Waals surface area contributed by atoms with E-state index in [2.05, 4.69) is 11.1 Å². The van der Waals surface area contributed by atoms with Crippen LogP contribution >= 0.6 is 23.1 Å². The molecule has 0 spiro atoms. The Hall–Kier alpha value is -0.620. The minimum atomic E-state index is -0.169. The number of aromatic nitrogens is 1. The van der Waals surface area contributed by atoms with E-state index in [1.165, 1.54) is 4.70 Å². The van der Waals surface area contributed by atoms with Crippen LogP contribution in [0.1, 0.15) is 0 Å². The summed E-state index contributed by atoms with van der Waals surface area (Å²) >= 11 is 3.36. The fourth-order valence-electron chi connectivity index (χ4n) is 1.28. The molecule has 2 rings (SSSR count). The summed E-state index contributed by atoms with van der Waals surface area (Å²) in [6.45, 7) is 0. The molecule has 0 fully saturated rings. The Labute approximate surface area is 103 Å². The number of ether oxygens (including phenoxy) is 2. The molecule has 1 heterocycles. The number of para-hydroxylation sites is 1. The highest BCUT2D eigenvalue weighted by molar-refractivity contribution is 8.01. The Kier molecular flexibility index (Phi) is 4.17. The van der Waals surface area contributed by atoms with Gasteiger partial charge in [-0.15, -0.1) is 11.3 Å². The number of rotatable bonds is 5. The second-order valence-electron chi connectivity index (χ2n) is 3.16. The van der Waals surface area contributed by atoms with E-state index < -0.39 is 0 Å². The maximum Gasteiger partial charge on any atom is 0.166 e. The van der Waals surface area contributed by atoms with E-state index >= 15 is 0 Å². The zero-order chi connectivity index (χ0) is 11.4. The highest BCUT2D eigenvalue weighted by Crippen LogP contribution is 2.29. The summed E-state index contributed by atoms with van der Waals surface area (Å²) in [4.78, 5) is 4.52. The van der Waals surface area contributed by atoms with Crippen LogP contribution in [0.3, 0.4) is 0 Å². The van der Waals surface area contributed by atoms with Crippen molar-refractivity contribution in [2.75, 3.05) is 20.0 Å². The summed E-state index contributed by atoms with van der Waals surface area (Å²) in [7, 11) is 3.29.